The molecule has 0 bridgehead atoms. The first-order valence-corrected chi connectivity index (χ1v) is 7.29. The van der Waals surface area contributed by atoms with Crippen LogP contribution in [0.3, 0.4) is 0 Å². The van der Waals surface area contributed by atoms with Gasteiger partial charge in [0.1, 0.15) is 10.6 Å². The van der Waals surface area contributed by atoms with Crippen LogP contribution in [0, 0.1) is 0 Å². The number of thiophene rings is 1. The topological polar surface area (TPSA) is 64.1 Å². The molecular weight excluding hydrogens is 310 g/mol. The van der Waals surface area contributed by atoms with E-state index >= 15 is 0 Å². The number of hydrogen-bond donors (Lipinski definition) is 1. The van der Waals surface area contributed by atoms with Crippen LogP contribution < -0.4 is 5.32 Å². The number of nitrogens with one attached hydrogen (secondary N) is 1. The van der Waals surface area contributed by atoms with E-state index in [-0.39, 0.29) is 11.3 Å². The lowest BCUT2D eigenvalue weighted by atomic mass is 10.2. The molecule has 21 heavy (non-hydrogen) atoms. The second-order valence-electron chi connectivity index (χ2n) is 4.17. The highest BCUT2D eigenvalue weighted by molar-refractivity contribution is 7.16. The van der Waals surface area contributed by atoms with Crippen molar-refractivity contribution >= 4 is 50.6 Å². The van der Waals surface area contributed by atoms with Crippen LogP contribution in [0.4, 0.5) is 11.5 Å². The zero-order valence-corrected chi connectivity index (χ0v) is 12.5. The summed E-state index contributed by atoms with van der Waals surface area (Å²) in [6, 6.07) is 8.85. The van der Waals surface area contributed by atoms with Crippen LogP contribution in [-0.4, -0.2) is 23.0 Å². The molecule has 1 aromatic carbocycles. The standard InChI is InChI=1S/C14H10ClN3O2S/c1-20-13(19)8-2-4-9(5-3-8)16-11-10-6-7-21-12(10)18-14(15)17-11/h2-7H,1H3,(H,16,17,18). The maximum Gasteiger partial charge on any atom is 0.337 e. The molecule has 0 unspecified atom stereocenters. The van der Waals surface area contributed by atoms with Crippen LogP contribution in [-0.2, 0) is 4.74 Å². The van der Waals surface area contributed by atoms with Gasteiger partial charge in [-0.15, -0.1) is 11.3 Å². The van der Waals surface area contributed by atoms with Crippen molar-refractivity contribution in [2.24, 2.45) is 0 Å². The minimum Gasteiger partial charge on any atom is -0.465 e. The fourth-order valence-electron chi connectivity index (χ4n) is 1.87. The largest absolute Gasteiger partial charge is 0.465 e. The number of esters is 1. The minimum absolute atomic E-state index is 0.193. The smallest absolute Gasteiger partial charge is 0.337 e. The number of ether oxygens (including phenoxy) is 1. The molecule has 0 atom stereocenters. The lowest BCUT2D eigenvalue weighted by Gasteiger charge is -2.07. The molecule has 0 amide bonds. The number of benzene rings is 1. The summed E-state index contributed by atoms with van der Waals surface area (Å²) in [5.41, 5.74) is 1.29. The Morgan fingerprint density at radius 2 is 2.00 bits per heavy atom. The third-order valence-electron chi connectivity index (χ3n) is 2.87. The van der Waals surface area contributed by atoms with Crippen LogP contribution in [0.1, 0.15) is 10.4 Å². The van der Waals surface area contributed by atoms with E-state index in [9.17, 15) is 4.79 Å². The molecule has 0 saturated heterocycles. The molecule has 0 aliphatic rings. The maximum atomic E-state index is 11.4. The van der Waals surface area contributed by atoms with Gasteiger partial charge in [-0.3, -0.25) is 0 Å². The second-order valence-corrected chi connectivity index (χ2v) is 5.41. The van der Waals surface area contributed by atoms with E-state index in [0.29, 0.717) is 11.4 Å². The maximum absolute atomic E-state index is 11.4. The highest BCUT2D eigenvalue weighted by Gasteiger charge is 2.09. The Kier molecular flexibility index (Phi) is 3.72. The zero-order chi connectivity index (χ0) is 14.8. The van der Waals surface area contributed by atoms with Gasteiger partial charge in [-0.25, -0.2) is 9.78 Å². The first-order chi connectivity index (χ1) is 10.2. The normalized spacial score (nSPS) is 10.6. The van der Waals surface area contributed by atoms with Gasteiger partial charge in [0.05, 0.1) is 18.1 Å². The van der Waals surface area contributed by atoms with Crippen molar-refractivity contribution in [2.75, 3.05) is 12.4 Å². The predicted octanol–water partition coefficient (Wildman–Crippen LogP) is 3.87. The lowest BCUT2D eigenvalue weighted by molar-refractivity contribution is 0.0601. The zero-order valence-electron chi connectivity index (χ0n) is 11.0. The van der Waals surface area contributed by atoms with E-state index in [1.807, 2.05) is 11.4 Å². The first kappa shape index (κ1) is 13.8. The summed E-state index contributed by atoms with van der Waals surface area (Å²) in [6.45, 7) is 0. The van der Waals surface area contributed by atoms with Gasteiger partial charge < -0.3 is 10.1 Å². The number of aromatic nitrogens is 2. The van der Waals surface area contributed by atoms with Gasteiger partial charge in [0.15, 0.2) is 0 Å². The summed E-state index contributed by atoms with van der Waals surface area (Å²) in [5, 5.41) is 6.21. The van der Waals surface area contributed by atoms with Gasteiger partial charge in [-0.2, -0.15) is 4.98 Å². The van der Waals surface area contributed by atoms with Crippen LogP contribution >= 0.6 is 22.9 Å². The molecule has 0 spiro atoms. The molecule has 2 heterocycles. The summed E-state index contributed by atoms with van der Waals surface area (Å²) in [4.78, 5) is 20.6. The first-order valence-electron chi connectivity index (χ1n) is 6.03. The highest BCUT2D eigenvalue weighted by Crippen LogP contribution is 2.28. The summed E-state index contributed by atoms with van der Waals surface area (Å²) in [7, 11) is 1.35. The van der Waals surface area contributed by atoms with E-state index in [2.05, 4.69) is 20.0 Å². The van der Waals surface area contributed by atoms with Crippen molar-refractivity contribution in [3.05, 3.63) is 46.6 Å². The molecule has 0 aliphatic carbocycles. The fraction of sp³-hybridized carbons (Fsp3) is 0.0714. The van der Waals surface area contributed by atoms with Crippen molar-refractivity contribution in [2.45, 2.75) is 0 Å². The third kappa shape index (κ3) is 2.81. The number of carbonyl (C=O) groups excluding carboxylic acids is 1. The number of carbonyl (C=O) groups is 1. The Morgan fingerprint density at radius 3 is 2.71 bits per heavy atom. The molecule has 0 saturated carbocycles. The molecule has 0 radical (unpaired) electrons. The van der Waals surface area contributed by atoms with Gasteiger partial charge >= 0.3 is 5.97 Å². The summed E-state index contributed by atoms with van der Waals surface area (Å²) >= 11 is 7.41. The third-order valence-corrected chi connectivity index (χ3v) is 3.84. The Hall–Kier alpha value is -2.18. The quantitative estimate of drug-likeness (QED) is 0.586. The van der Waals surface area contributed by atoms with E-state index in [1.165, 1.54) is 18.4 Å². The van der Waals surface area contributed by atoms with Gasteiger partial charge in [0.25, 0.3) is 0 Å². The molecule has 3 aromatic rings. The van der Waals surface area contributed by atoms with Crippen LogP contribution in [0.5, 0.6) is 0 Å². The monoisotopic (exact) mass is 319 g/mol. The van der Waals surface area contributed by atoms with Crippen LogP contribution in [0.2, 0.25) is 5.28 Å². The molecule has 106 valence electrons. The number of halogens is 1. The van der Waals surface area contributed by atoms with Crippen molar-refractivity contribution in [3.63, 3.8) is 0 Å². The van der Waals surface area contributed by atoms with Crippen LogP contribution in [0.25, 0.3) is 10.2 Å². The summed E-state index contributed by atoms with van der Waals surface area (Å²) < 4.78 is 4.66. The molecule has 0 fully saturated rings. The fourth-order valence-corrected chi connectivity index (χ4v) is 2.85. The Morgan fingerprint density at radius 1 is 1.24 bits per heavy atom. The molecule has 1 N–H and O–H groups in total. The summed E-state index contributed by atoms with van der Waals surface area (Å²) in [6.07, 6.45) is 0. The van der Waals surface area contributed by atoms with E-state index < -0.39 is 0 Å². The average Bonchev–Trinajstić information content (AvgIpc) is 2.95. The molecule has 5 nitrogen and oxygen atoms in total. The number of hydrogen-bond acceptors (Lipinski definition) is 6. The highest BCUT2D eigenvalue weighted by atomic mass is 35.5. The van der Waals surface area contributed by atoms with Gasteiger partial charge in [-0.05, 0) is 47.3 Å². The molecular formula is C14H10ClN3O2S. The second kappa shape index (κ2) is 5.67. The summed E-state index contributed by atoms with van der Waals surface area (Å²) in [5.74, 6) is 0.268. The number of methoxy groups -OCH3 is 1. The average molecular weight is 320 g/mol. The van der Waals surface area contributed by atoms with Gasteiger partial charge in [-0.1, -0.05) is 0 Å². The lowest BCUT2D eigenvalue weighted by Crippen LogP contribution is -2.01. The number of fused-ring (bicyclic) bond motifs is 1. The van der Waals surface area contributed by atoms with Crippen molar-refractivity contribution in [1.82, 2.24) is 9.97 Å². The number of anilines is 2. The number of nitrogens with zero attached hydrogens (tertiary/aromatic N) is 2. The number of rotatable bonds is 3. The molecule has 0 aliphatic heterocycles. The van der Waals surface area contributed by atoms with Crippen molar-refractivity contribution in [1.29, 1.82) is 0 Å². The Labute approximate surface area is 129 Å². The van der Waals surface area contributed by atoms with E-state index in [1.54, 1.807) is 24.3 Å². The molecule has 7 heteroatoms. The predicted molar refractivity (Wildman–Crippen MR) is 83.5 cm³/mol. The van der Waals surface area contributed by atoms with Gasteiger partial charge in [0.2, 0.25) is 5.28 Å². The Bertz CT molecular complexity index is 802. The SMILES string of the molecule is COC(=O)c1ccc(Nc2nc(Cl)nc3sccc23)cc1. The van der Waals surface area contributed by atoms with E-state index in [0.717, 1.165) is 15.9 Å². The minimum atomic E-state index is -0.369. The van der Waals surface area contributed by atoms with Crippen LogP contribution in [0.15, 0.2) is 35.7 Å². The molecule has 2 aromatic heterocycles. The van der Waals surface area contributed by atoms with Crippen molar-refractivity contribution in [3.8, 4) is 0 Å². The molecule has 3 rings (SSSR count). The van der Waals surface area contributed by atoms with Gasteiger partial charge in [0, 0.05) is 5.69 Å². The Balaban J connectivity index is 1.91. The van der Waals surface area contributed by atoms with Crippen molar-refractivity contribution < 1.29 is 9.53 Å². The van der Waals surface area contributed by atoms with E-state index in [4.69, 9.17) is 11.6 Å².